The summed E-state index contributed by atoms with van der Waals surface area (Å²) in [5.74, 6) is -0.161. The van der Waals surface area contributed by atoms with Crippen molar-refractivity contribution >= 4 is 23.1 Å². The number of hydrazone groups is 1. The number of amides is 1. The van der Waals surface area contributed by atoms with Crippen LogP contribution in [0.25, 0.3) is 0 Å². The number of hydrogen-bond acceptors (Lipinski definition) is 5. The Hall–Kier alpha value is -2.88. The Balaban J connectivity index is 1.86. The maximum atomic E-state index is 12.0. The summed E-state index contributed by atoms with van der Waals surface area (Å²) in [5, 5.41) is 19.7. The molecule has 0 aromatic heterocycles. The van der Waals surface area contributed by atoms with E-state index in [4.69, 9.17) is 16.4 Å². The largest absolute Gasteiger partial charge is 0.382 e. The molecular weight excluding hydrogens is 292 g/mol. The first-order chi connectivity index (χ1) is 11.1. The zero-order chi connectivity index (χ0) is 16.7. The average molecular weight is 312 g/mol. The quantitative estimate of drug-likeness (QED) is 0.418. The van der Waals surface area contributed by atoms with Gasteiger partial charge in [-0.25, -0.2) is 0 Å². The summed E-state index contributed by atoms with van der Waals surface area (Å²) in [4.78, 5) is 13.9. The van der Waals surface area contributed by atoms with Gasteiger partial charge in [-0.15, -0.1) is 0 Å². The molecular formula is C16H20N6O. The average Bonchev–Trinajstić information content (AvgIpc) is 3.08. The minimum atomic E-state index is -0.378. The summed E-state index contributed by atoms with van der Waals surface area (Å²) in [6.45, 7) is 1.77. The number of anilines is 1. The first-order valence-corrected chi connectivity index (χ1v) is 7.55. The van der Waals surface area contributed by atoms with Crippen LogP contribution in [-0.2, 0) is 11.2 Å². The Morgan fingerprint density at radius 2 is 2.00 bits per heavy atom. The molecule has 2 rings (SSSR count). The number of carbonyl (C=O) groups excluding carboxylic acids is 1. The number of nitrogens with two attached hydrogens (primary N) is 1. The van der Waals surface area contributed by atoms with Gasteiger partial charge in [0.15, 0.2) is 5.84 Å². The van der Waals surface area contributed by atoms with Crippen molar-refractivity contribution < 1.29 is 4.79 Å². The fourth-order valence-corrected chi connectivity index (χ4v) is 2.39. The van der Waals surface area contributed by atoms with Crippen molar-refractivity contribution in [1.29, 1.82) is 10.7 Å². The zero-order valence-electron chi connectivity index (χ0n) is 12.9. The lowest BCUT2D eigenvalue weighted by atomic mass is 10.1. The predicted molar refractivity (Wildman–Crippen MR) is 89.2 cm³/mol. The maximum Gasteiger partial charge on any atom is 0.222 e. The number of benzene rings is 1. The molecule has 4 N–H and O–H groups in total. The van der Waals surface area contributed by atoms with Crippen LogP contribution in [0, 0.1) is 16.7 Å². The number of aryl methyl sites for hydroxylation is 1. The number of carbonyl (C=O) groups is 1. The van der Waals surface area contributed by atoms with E-state index in [2.05, 4.69) is 10.5 Å². The van der Waals surface area contributed by atoms with Crippen LogP contribution in [0.1, 0.15) is 24.8 Å². The number of rotatable bonds is 6. The van der Waals surface area contributed by atoms with Gasteiger partial charge in [0.05, 0.1) is 5.69 Å². The second-order valence-electron chi connectivity index (χ2n) is 5.38. The van der Waals surface area contributed by atoms with Crippen LogP contribution in [0.3, 0.4) is 0 Å². The Morgan fingerprint density at radius 3 is 2.57 bits per heavy atom. The molecule has 1 aliphatic rings. The third-order valence-corrected chi connectivity index (χ3v) is 3.70. The molecule has 7 heteroatoms. The fraction of sp³-hybridized carbons (Fsp3) is 0.375. The molecule has 0 atom stereocenters. The number of likely N-dealkylation sites (tertiary alicyclic amines) is 1. The van der Waals surface area contributed by atoms with E-state index < -0.39 is 0 Å². The molecule has 1 saturated heterocycles. The summed E-state index contributed by atoms with van der Waals surface area (Å²) in [7, 11) is 0. The van der Waals surface area contributed by atoms with E-state index in [1.54, 1.807) is 6.07 Å². The molecule has 1 amide bonds. The molecule has 1 aromatic rings. The predicted octanol–water partition coefficient (Wildman–Crippen LogP) is 1.47. The van der Waals surface area contributed by atoms with Crippen molar-refractivity contribution in [3.8, 4) is 6.07 Å². The van der Waals surface area contributed by atoms with Crippen LogP contribution >= 0.6 is 0 Å². The van der Waals surface area contributed by atoms with E-state index >= 15 is 0 Å². The summed E-state index contributed by atoms with van der Waals surface area (Å²) in [6, 6.07) is 9.19. The van der Waals surface area contributed by atoms with Crippen LogP contribution in [0.4, 0.5) is 5.69 Å². The van der Waals surface area contributed by atoms with Crippen molar-refractivity contribution in [3.05, 3.63) is 29.8 Å². The molecule has 1 aliphatic heterocycles. The minimum Gasteiger partial charge on any atom is -0.382 e. The number of hydrogen-bond donors (Lipinski definition) is 3. The zero-order valence-corrected chi connectivity index (χ0v) is 12.9. The Kier molecular flexibility index (Phi) is 5.69. The first-order valence-electron chi connectivity index (χ1n) is 7.55. The number of nitrogens with zero attached hydrogens (tertiary/aromatic N) is 3. The molecule has 1 fully saturated rings. The summed E-state index contributed by atoms with van der Waals surface area (Å²) in [6.07, 6.45) is 3.44. The number of amidine groups is 1. The SMILES string of the molecule is N#C/C(=N\Nc1ccc(CCC(=O)N2CCCC2)cc1)C(=N)N. The normalized spacial score (nSPS) is 14.4. The molecule has 7 nitrogen and oxygen atoms in total. The van der Waals surface area contributed by atoms with Crippen molar-refractivity contribution in [2.24, 2.45) is 10.8 Å². The smallest absolute Gasteiger partial charge is 0.222 e. The lowest BCUT2D eigenvalue weighted by Crippen LogP contribution is -2.27. The van der Waals surface area contributed by atoms with Gasteiger partial charge in [-0.05, 0) is 37.0 Å². The first kappa shape index (κ1) is 16.5. The number of nitriles is 1. The van der Waals surface area contributed by atoms with E-state index in [1.807, 2.05) is 29.2 Å². The minimum absolute atomic E-state index is 0.162. The van der Waals surface area contributed by atoms with Gasteiger partial charge in [0.2, 0.25) is 11.6 Å². The van der Waals surface area contributed by atoms with Gasteiger partial charge in [0, 0.05) is 19.5 Å². The molecule has 0 spiro atoms. The van der Waals surface area contributed by atoms with E-state index in [0.29, 0.717) is 18.5 Å². The summed E-state index contributed by atoms with van der Waals surface area (Å²) < 4.78 is 0. The van der Waals surface area contributed by atoms with Gasteiger partial charge < -0.3 is 10.6 Å². The van der Waals surface area contributed by atoms with Gasteiger partial charge in [-0.1, -0.05) is 12.1 Å². The maximum absolute atomic E-state index is 12.0. The highest BCUT2D eigenvalue weighted by molar-refractivity contribution is 6.45. The second-order valence-corrected chi connectivity index (χ2v) is 5.38. The monoisotopic (exact) mass is 312 g/mol. The fourth-order valence-electron chi connectivity index (χ4n) is 2.39. The second kappa shape index (κ2) is 7.94. The van der Waals surface area contributed by atoms with Crippen molar-refractivity contribution in [2.75, 3.05) is 18.5 Å². The van der Waals surface area contributed by atoms with E-state index in [0.717, 1.165) is 31.5 Å². The van der Waals surface area contributed by atoms with E-state index in [9.17, 15) is 4.79 Å². The highest BCUT2D eigenvalue weighted by atomic mass is 16.2. The van der Waals surface area contributed by atoms with Crippen molar-refractivity contribution in [2.45, 2.75) is 25.7 Å². The molecule has 1 aromatic carbocycles. The molecule has 0 aliphatic carbocycles. The van der Waals surface area contributed by atoms with Gasteiger partial charge in [0.1, 0.15) is 6.07 Å². The highest BCUT2D eigenvalue weighted by Gasteiger charge is 2.17. The van der Waals surface area contributed by atoms with Crippen LogP contribution in [0.5, 0.6) is 0 Å². The molecule has 23 heavy (non-hydrogen) atoms. The lowest BCUT2D eigenvalue weighted by Gasteiger charge is -2.14. The van der Waals surface area contributed by atoms with Gasteiger partial charge in [0.25, 0.3) is 0 Å². The third kappa shape index (κ3) is 4.81. The topological polar surface area (TPSA) is 118 Å². The van der Waals surface area contributed by atoms with Crippen molar-refractivity contribution in [3.63, 3.8) is 0 Å². The van der Waals surface area contributed by atoms with Crippen LogP contribution < -0.4 is 11.2 Å². The van der Waals surface area contributed by atoms with Crippen LogP contribution in [-0.4, -0.2) is 35.4 Å². The molecule has 0 bridgehead atoms. The molecule has 1 heterocycles. The Morgan fingerprint density at radius 1 is 1.35 bits per heavy atom. The Labute approximate surface area is 135 Å². The van der Waals surface area contributed by atoms with E-state index in [1.165, 1.54) is 0 Å². The lowest BCUT2D eigenvalue weighted by molar-refractivity contribution is -0.130. The third-order valence-electron chi connectivity index (χ3n) is 3.70. The molecule has 120 valence electrons. The van der Waals surface area contributed by atoms with Crippen LogP contribution in [0.2, 0.25) is 0 Å². The number of nitrogens with one attached hydrogen (secondary N) is 2. The highest BCUT2D eigenvalue weighted by Crippen LogP contribution is 2.14. The molecule has 0 radical (unpaired) electrons. The summed E-state index contributed by atoms with van der Waals surface area (Å²) in [5.41, 5.74) is 9.49. The molecule has 0 saturated carbocycles. The Bertz CT molecular complexity index is 638. The van der Waals surface area contributed by atoms with Crippen molar-refractivity contribution in [1.82, 2.24) is 4.90 Å². The van der Waals surface area contributed by atoms with Gasteiger partial charge in [-0.2, -0.15) is 10.4 Å². The van der Waals surface area contributed by atoms with Crippen LogP contribution in [0.15, 0.2) is 29.4 Å². The standard InChI is InChI=1S/C16H20N6O/c17-11-14(16(18)19)21-20-13-6-3-12(4-7-13)5-8-15(23)22-9-1-2-10-22/h3-4,6-7,20H,1-2,5,8-10H2,(H3,18,19)/b21-14+. The van der Waals surface area contributed by atoms with E-state index in [-0.39, 0.29) is 17.5 Å². The van der Waals surface area contributed by atoms with Gasteiger partial charge >= 0.3 is 0 Å². The molecule has 0 unspecified atom stereocenters. The van der Waals surface area contributed by atoms with Gasteiger partial charge in [-0.3, -0.25) is 15.6 Å². The summed E-state index contributed by atoms with van der Waals surface area (Å²) >= 11 is 0.